The second-order valence-electron chi connectivity index (χ2n) is 5.30. The van der Waals surface area contributed by atoms with Gasteiger partial charge in [-0.2, -0.15) is 0 Å². The van der Waals surface area contributed by atoms with Gasteiger partial charge in [0.15, 0.2) is 5.96 Å². The summed E-state index contributed by atoms with van der Waals surface area (Å²) in [6.45, 7) is 0.526. The van der Waals surface area contributed by atoms with E-state index in [1.165, 1.54) is 0 Å². The van der Waals surface area contributed by atoms with Crippen molar-refractivity contribution < 1.29 is 13.2 Å². The third-order valence-electron chi connectivity index (χ3n) is 3.62. The Morgan fingerprint density at radius 2 is 2.14 bits per heavy atom. The van der Waals surface area contributed by atoms with Gasteiger partial charge < -0.3 is 15.8 Å². The molecule has 1 aliphatic rings. The summed E-state index contributed by atoms with van der Waals surface area (Å²) in [5, 5.41) is 3.44. The van der Waals surface area contributed by atoms with Crippen LogP contribution in [-0.4, -0.2) is 39.5 Å². The molecule has 1 fully saturated rings. The maximum Gasteiger partial charge on any atom is 0.193 e. The summed E-state index contributed by atoms with van der Waals surface area (Å²) in [6, 6.07) is 5.24. The van der Waals surface area contributed by atoms with Crippen molar-refractivity contribution in [2.45, 2.75) is 12.8 Å². The molecule has 122 valence electrons. The molecular weight excluding hydrogens is 326 g/mol. The van der Waals surface area contributed by atoms with Crippen molar-refractivity contribution >= 4 is 33.1 Å². The zero-order valence-electron chi connectivity index (χ0n) is 12.4. The fourth-order valence-electron chi connectivity index (χ4n) is 2.28. The lowest BCUT2D eigenvalue weighted by atomic mass is 10.0. The highest BCUT2D eigenvalue weighted by atomic mass is 35.5. The number of ether oxygens (including phenoxy) is 1. The average Bonchev–Trinajstić information content (AvgIpc) is 2.46. The van der Waals surface area contributed by atoms with E-state index in [-0.39, 0.29) is 23.4 Å². The number of methoxy groups -OCH3 is 1. The summed E-state index contributed by atoms with van der Waals surface area (Å²) in [7, 11) is -1.29. The highest BCUT2D eigenvalue weighted by Crippen LogP contribution is 2.27. The van der Waals surface area contributed by atoms with Crippen molar-refractivity contribution in [1.29, 1.82) is 0 Å². The zero-order chi connectivity index (χ0) is 16.2. The molecule has 1 heterocycles. The molecule has 0 saturated carbocycles. The van der Waals surface area contributed by atoms with Crippen LogP contribution < -0.4 is 15.8 Å². The van der Waals surface area contributed by atoms with Crippen molar-refractivity contribution in [3.63, 3.8) is 0 Å². The van der Waals surface area contributed by atoms with Gasteiger partial charge in [-0.15, -0.1) is 0 Å². The number of nitrogens with two attached hydrogens (primary N) is 1. The van der Waals surface area contributed by atoms with Crippen LogP contribution in [0.1, 0.15) is 12.8 Å². The van der Waals surface area contributed by atoms with Crippen LogP contribution in [0.3, 0.4) is 0 Å². The molecule has 0 aliphatic carbocycles. The van der Waals surface area contributed by atoms with Crippen LogP contribution in [0, 0.1) is 5.92 Å². The van der Waals surface area contributed by atoms with Crippen LogP contribution in [0.15, 0.2) is 23.2 Å². The maximum atomic E-state index is 11.4. The number of rotatable bonds is 4. The first-order valence-electron chi connectivity index (χ1n) is 7.00. The highest BCUT2D eigenvalue weighted by molar-refractivity contribution is 7.91. The van der Waals surface area contributed by atoms with Crippen LogP contribution in [0.25, 0.3) is 0 Å². The number of hydrogen-bond donors (Lipinski definition) is 2. The Kier molecular flexibility index (Phi) is 5.52. The van der Waals surface area contributed by atoms with Crippen LogP contribution >= 0.6 is 11.6 Å². The molecule has 0 atom stereocenters. The van der Waals surface area contributed by atoms with Crippen molar-refractivity contribution in [2.24, 2.45) is 16.6 Å². The largest absolute Gasteiger partial charge is 0.495 e. The summed E-state index contributed by atoms with van der Waals surface area (Å²) >= 11 is 6.04. The second-order valence-corrected chi connectivity index (χ2v) is 8.01. The average molecular weight is 346 g/mol. The predicted molar refractivity (Wildman–Crippen MR) is 89.5 cm³/mol. The van der Waals surface area contributed by atoms with E-state index in [1.807, 2.05) is 0 Å². The number of nitrogens with zero attached hydrogens (tertiary/aromatic N) is 1. The Morgan fingerprint density at radius 3 is 2.73 bits per heavy atom. The van der Waals surface area contributed by atoms with Crippen molar-refractivity contribution in [1.82, 2.24) is 0 Å². The molecule has 3 N–H and O–H groups in total. The Bertz CT molecular complexity index is 647. The molecule has 2 rings (SSSR count). The molecule has 22 heavy (non-hydrogen) atoms. The molecule has 1 saturated heterocycles. The molecule has 0 aromatic heterocycles. The van der Waals surface area contributed by atoms with Crippen molar-refractivity contribution in [3.8, 4) is 5.75 Å². The molecular formula is C14H20ClN3O3S. The number of nitrogens with one attached hydrogen (secondary N) is 1. The molecule has 0 spiro atoms. The third-order valence-corrected chi connectivity index (χ3v) is 5.63. The number of benzene rings is 1. The summed E-state index contributed by atoms with van der Waals surface area (Å²) in [5.41, 5.74) is 6.56. The standard InChI is InChI=1S/C14H20ClN3O3S/c1-21-13-3-2-11(8-12(13)15)18-14(16)17-9-10-4-6-22(19,20)7-5-10/h2-3,8,10H,4-7,9H2,1H3,(H3,16,17,18). The maximum absolute atomic E-state index is 11.4. The first-order chi connectivity index (χ1) is 10.4. The van der Waals surface area contributed by atoms with Crippen molar-refractivity contribution in [3.05, 3.63) is 23.2 Å². The fourth-order valence-corrected chi connectivity index (χ4v) is 4.13. The van der Waals surface area contributed by atoms with Crippen molar-refractivity contribution in [2.75, 3.05) is 30.5 Å². The molecule has 0 unspecified atom stereocenters. The molecule has 0 bridgehead atoms. The smallest absolute Gasteiger partial charge is 0.193 e. The summed E-state index contributed by atoms with van der Waals surface area (Å²) < 4.78 is 27.8. The van der Waals surface area contributed by atoms with Gasteiger partial charge in [0.1, 0.15) is 15.6 Å². The molecule has 1 aromatic carbocycles. The Morgan fingerprint density at radius 1 is 1.45 bits per heavy atom. The van der Waals surface area contributed by atoms with Gasteiger partial charge in [0.25, 0.3) is 0 Å². The lowest BCUT2D eigenvalue weighted by molar-refractivity contribution is 0.415. The first kappa shape index (κ1) is 16.9. The lowest BCUT2D eigenvalue weighted by Crippen LogP contribution is -2.27. The van der Waals surface area contributed by atoms with Crippen LogP contribution in [0.2, 0.25) is 5.02 Å². The van der Waals surface area contributed by atoms with Crippen LogP contribution in [0.5, 0.6) is 5.75 Å². The number of guanidine groups is 1. The van der Waals surface area contributed by atoms with E-state index in [0.717, 1.165) is 5.69 Å². The summed E-state index contributed by atoms with van der Waals surface area (Å²) in [6.07, 6.45) is 1.29. The Balaban J connectivity index is 1.89. The number of aliphatic imine (C=N–C) groups is 1. The quantitative estimate of drug-likeness (QED) is 0.642. The Labute approximate surface area is 135 Å². The molecule has 6 nitrogen and oxygen atoms in total. The monoisotopic (exact) mass is 345 g/mol. The van der Waals surface area contributed by atoms with Gasteiger partial charge in [0.2, 0.25) is 0 Å². The number of hydrogen-bond acceptors (Lipinski definition) is 4. The van der Waals surface area contributed by atoms with E-state index in [4.69, 9.17) is 22.1 Å². The molecule has 0 radical (unpaired) electrons. The number of anilines is 1. The normalized spacial score (nSPS) is 18.9. The van der Waals surface area contributed by atoms with Gasteiger partial charge in [-0.25, -0.2) is 8.42 Å². The van der Waals surface area contributed by atoms with Gasteiger partial charge in [0, 0.05) is 12.2 Å². The SMILES string of the molecule is COc1ccc(NC(N)=NCC2CCS(=O)(=O)CC2)cc1Cl. The van der Waals surface area contributed by atoms with Gasteiger partial charge in [-0.3, -0.25) is 4.99 Å². The highest BCUT2D eigenvalue weighted by Gasteiger charge is 2.23. The molecule has 0 amide bonds. The van der Waals surface area contributed by atoms with E-state index < -0.39 is 9.84 Å². The number of sulfone groups is 1. The van der Waals surface area contributed by atoms with E-state index >= 15 is 0 Å². The van der Waals surface area contributed by atoms with Crippen LogP contribution in [0.4, 0.5) is 5.69 Å². The van der Waals surface area contributed by atoms with Gasteiger partial charge in [0.05, 0.1) is 23.6 Å². The van der Waals surface area contributed by atoms with Gasteiger partial charge >= 0.3 is 0 Å². The first-order valence-corrected chi connectivity index (χ1v) is 9.20. The fraction of sp³-hybridized carbons (Fsp3) is 0.500. The topological polar surface area (TPSA) is 93.8 Å². The Hall–Kier alpha value is -1.47. The van der Waals surface area contributed by atoms with Gasteiger partial charge in [-0.1, -0.05) is 11.6 Å². The molecule has 1 aromatic rings. The van der Waals surface area contributed by atoms with E-state index in [0.29, 0.717) is 30.2 Å². The lowest BCUT2D eigenvalue weighted by Gasteiger charge is -2.20. The zero-order valence-corrected chi connectivity index (χ0v) is 14.0. The van der Waals surface area contributed by atoms with E-state index in [9.17, 15) is 8.42 Å². The summed E-state index contributed by atoms with van der Waals surface area (Å²) in [4.78, 5) is 4.28. The minimum atomic E-state index is -2.84. The van der Waals surface area contributed by atoms with E-state index in [1.54, 1.807) is 25.3 Å². The second kappa shape index (κ2) is 7.19. The third kappa shape index (κ3) is 4.78. The summed E-state index contributed by atoms with van der Waals surface area (Å²) in [5.74, 6) is 1.63. The molecule has 8 heteroatoms. The predicted octanol–water partition coefficient (Wildman–Crippen LogP) is 1.90. The van der Waals surface area contributed by atoms with Gasteiger partial charge in [-0.05, 0) is 37.0 Å². The molecule has 1 aliphatic heterocycles. The van der Waals surface area contributed by atoms with E-state index in [2.05, 4.69) is 10.3 Å². The minimum Gasteiger partial charge on any atom is -0.495 e. The van der Waals surface area contributed by atoms with Crippen LogP contribution in [-0.2, 0) is 9.84 Å². The minimum absolute atomic E-state index is 0.245. The number of halogens is 1.